The molecular formula is C16H25FN2O. The van der Waals surface area contributed by atoms with Crippen molar-refractivity contribution in [2.75, 3.05) is 20.6 Å². The van der Waals surface area contributed by atoms with E-state index in [2.05, 4.69) is 24.1 Å². The molecule has 0 aliphatic rings. The Labute approximate surface area is 121 Å². The first kappa shape index (κ1) is 16.6. The van der Waals surface area contributed by atoms with E-state index in [0.29, 0.717) is 18.0 Å². The Bertz CT molecular complexity index is 458. The highest BCUT2D eigenvalue weighted by Crippen LogP contribution is 2.12. The second-order valence-electron chi connectivity index (χ2n) is 5.89. The van der Waals surface area contributed by atoms with Gasteiger partial charge in [-0.1, -0.05) is 26.0 Å². The number of benzene rings is 1. The standard InChI is InChI=1S/C16H25FN2O/c1-11(2)9-13(19(4)5)10-18-16(20)14-8-6-7-12(3)15(14)17/h6-8,11,13H,9-10H2,1-5H3,(H,18,20). The maximum Gasteiger partial charge on any atom is 0.254 e. The number of halogens is 1. The van der Waals surface area contributed by atoms with E-state index in [4.69, 9.17) is 0 Å². The minimum Gasteiger partial charge on any atom is -0.350 e. The van der Waals surface area contributed by atoms with E-state index in [1.165, 1.54) is 6.07 Å². The van der Waals surface area contributed by atoms with Crippen LogP contribution in [-0.2, 0) is 0 Å². The van der Waals surface area contributed by atoms with Gasteiger partial charge in [-0.15, -0.1) is 0 Å². The van der Waals surface area contributed by atoms with E-state index in [-0.39, 0.29) is 17.5 Å². The van der Waals surface area contributed by atoms with Crippen LogP contribution in [0.1, 0.15) is 36.2 Å². The van der Waals surface area contributed by atoms with E-state index in [0.717, 1.165) is 6.42 Å². The Kier molecular flexibility index (Phi) is 6.14. The van der Waals surface area contributed by atoms with Gasteiger partial charge in [-0.2, -0.15) is 0 Å². The fourth-order valence-electron chi connectivity index (χ4n) is 2.15. The van der Waals surface area contributed by atoms with Crippen LogP contribution in [0.3, 0.4) is 0 Å². The molecule has 0 aliphatic heterocycles. The number of likely N-dealkylation sites (N-methyl/N-ethyl adjacent to an activating group) is 1. The highest BCUT2D eigenvalue weighted by Gasteiger charge is 2.17. The zero-order valence-corrected chi connectivity index (χ0v) is 13.0. The van der Waals surface area contributed by atoms with Crippen LogP contribution in [0.5, 0.6) is 0 Å². The van der Waals surface area contributed by atoms with Crippen molar-refractivity contribution in [1.29, 1.82) is 0 Å². The summed E-state index contributed by atoms with van der Waals surface area (Å²) in [6.07, 6.45) is 0.990. The van der Waals surface area contributed by atoms with Gasteiger partial charge in [-0.25, -0.2) is 4.39 Å². The number of carbonyl (C=O) groups excluding carboxylic acids is 1. The first-order valence-corrected chi connectivity index (χ1v) is 7.02. The fourth-order valence-corrected chi connectivity index (χ4v) is 2.15. The summed E-state index contributed by atoms with van der Waals surface area (Å²) in [5.41, 5.74) is 0.607. The van der Waals surface area contributed by atoms with Crippen LogP contribution in [0, 0.1) is 18.7 Å². The Balaban J connectivity index is 2.68. The van der Waals surface area contributed by atoms with Gasteiger partial charge in [0.15, 0.2) is 0 Å². The molecule has 1 N–H and O–H groups in total. The van der Waals surface area contributed by atoms with Crippen LogP contribution in [0.2, 0.25) is 0 Å². The van der Waals surface area contributed by atoms with Gasteiger partial charge in [-0.05, 0) is 45.0 Å². The summed E-state index contributed by atoms with van der Waals surface area (Å²) in [5.74, 6) is -0.230. The zero-order chi connectivity index (χ0) is 15.3. The van der Waals surface area contributed by atoms with Gasteiger partial charge in [0.25, 0.3) is 5.91 Å². The molecule has 4 heteroatoms. The quantitative estimate of drug-likeness (QED) is 0.869. The summed E-state index contributed by atoms with van der Waals surface area (Å²) in [5, 5.41) is 2.83. The Morgan fingerprint density at radius 2 is 2.00 bits per heavy atom. The monoisotopic (exact) mass is 280 g/mol. The minimum atomic E-state index is -0.435. The highest BCUT2D eigenvalue weighted by atomic mass is 19.1. The largest absolute Gasteiger partial charge is 0.350 e. The van der Waals surface area contributed by atoms with Crippen molar-refractivity contribution in [2.24, 2.45) is 5.92 Å². The first-order chi connectivity index (χ1) is 9.32. The van der Waals surface area contributed by atoms with Crippen molar-refractivity contribution in [1.82, 2.24) is 10.2 Å². The lowest BCUT2D eigenvalue weighted by Crippen LogP contribution is -2.41. The maximum absolute atomic E-state index is 13.9. The maximum atomic E-state index is 13.9. The number of amides is 1. The molecule has 0 bridgehead atoms. The summed E-state index contributed by atoms with van der Waals surface area (Å²) in [6.45, 7) is 6.49. The summed E-state index contributed by atoms with van der Waals surface area (Å²) in [6, 6.07) is 5.13. The Morgan fingerprint density at radius 1 is 1.35 bits per heavy atom. The van der Waals surface area contributed by atoms with E-state index in [1.54, 1.807) is 19.1 Å². The van der Waals surface area contributed by atoms with Gasteiger partial charge in [0.05, 0.1) is 5.56 Å². The van der Waals surface area contributed by atoms with Crippen LogP contribution in [0.4, 0.5) is 4.39 Å². The van der Waals surface area contributed by atoms with Crippen molar-refractivity contribution >= 4 is 5.91 Å². The smallest absolute Gasteiger partial charge is 0.254 e. The molecule has 1 unspecified atom stereocenters. The Morgan fingerprint density at radius 3 is 2.55 bits per heavy atom. The summed E-state index contributed by atoms with van der Waals surface area (Å²) in [4.78, 5) is 14.2. The molecule has 1 amide bonds. The van der Waals surface area contributed by atoms with Crippen molar-refractivity contribution < 1.29 is 9.18 Å². The molecule has 1 rings (SSSR count). The molecule has 1 atom stereocenters. The summed E-state index contributed by atoms with van der Waals surface area (Å²) >= 11 is 0. The van der Waals surface area contributed by atoms with Gasteiger partial charge in [0.1, 0.15) is 5.82 Å². The third-order valence-corrected chi connectivity index (χ3v) is 3.41. The van der Waals surface area contributed by atoms with Gasteiger partial charge in [-0.3, -0.25) is 4.79 Å². The SMILES string of the molecule is Cc1cccc(C(=O)NCC(CC(C)C)N(C)C)c1F. The fraction of sp³-hybridized carbons (Fsp3) is 0.562. The highest BCUT2D eigenvalue weighted by molar-refractivity contribution is 5.94. The number of hydrogen-bond acceptors (Lipinski definition) is 2. The molecule has 0 heterocycles. The molecule has 0 spiro atoms. The molecular weight excluding hydrogens is 255 g/mol. The summed E-state index contributed by atoms with van der Waals surface area (Å²) < 4.78 is 13.9. The van der Waals surface area contributed by atoms with Crippen LogP contribution in [-0.4, -0.2) is 37.5 Å². The molecule has 1 aromatic carbocycles. The molecule has 1 aromatic rings. The molecule has 0 saturated carbocycles. The third kappa shape index (κ3) is 4.60. The lowest BCUT2D eigenvalue weighted by atomic mass is 10.0. The third-order valence-electron chi connectivity index (χ3n) is 3.41. The van der Waals surface area contributed by atoms with E-state index in [9.17, 15) is 9.18 Å². The molecule has 112 valence electrons. The van der Waals surface area contributed by atoms with Crippen LogP contribution in [0.15, 0.2) is 18.2 Å². The summed E-state index contributed by atoms with van der Waals surface area (Å²) in [7, 11) is 3.99. The number of hydrogen-bond donors (Lipinski definition) is 1. The average molecular weight is 280 g/mol. The molecule has 0 aliphatic carbocycles. The van der Waals surface area contributed by atoms with E-state index in [1.807, 2.05) is 14.1 Å². The number of aryl methyl sites for hydroxylation is 1. The lowest BCUT2D eigenvalue weighted by molar-refractivity contribution is 0.0934. The number of carbonyl (C=O) groups is 1. The Hall–Kier alpha value is -1.42. The minimum absolute atomic E-state index is 0.118. The molecule has 20 heavy (non-hydrogen) atoms. The molecule has 0 fully saturated rings. The van der Waals surface area contributed by atoms with Crippen LogP contribution >= 0.6 is 0 Å². The topological polar surface area (TPSA) is 32.3 Å². The lowest BCUT2D eigenvalue weighted by Gasteiger charge is -2.26. The molecule has 0 saturated heterocycles. The molecule has 3 nitrogen and oxygen atoms in total. The van der Waals surface area contributed by atoms with E-state index >= 15 is 0 Å². The number of nitrogens with one attached hydrogen (secondary N) is 1. The van der Waals surface area contributed by atoms with E-state index < -0.39 is 5.82 Å². The second-order valence-corrected chi connectivity index (χ2v) is 5.89. The van der Waals surface area contributed by atoms with Crippen molar-refractivity contribution in [2.45, 2.75) is 33.2 Å². The first-order valence-electron chi connectivity index (χ1n) is 7.02. The normalized spacial score (nSPS) is 12.8. The second kappa shape index (κ2) is 7.39. The van der Waals surface area contributed by atoms with Gasteiger partial charge >= 0.3 is 0 Å². The van der Waals surface area contributed by atoms with Gasteiger partial charge in [0.2, 0.25) is 0 Å². The molecule has 0 radical (unpaired) electrons. The zero-order valence-electron chi connectivity index (χ0n) is 13.0. The van der Waals surface area contributed by atoms with Crippen LogP contribution in [0.25, 0.3) is 0 Å². The van der Waals surface area contributed by atoms with Gasteiger partial charge in [0, 0.05) is 12.6 Å². The van der Waals surface area contributed by atoms with Crippen molar-refractivity contribution in [3.8, 4) is 0 Å². The van der Waals surface area contributed by atoms with Crippen molar-refractivity contribution in [3.05, 3.63) is 35.1 Å². The van der Waals surface area contributed by atoms with Crippen molar-refractivity contribution in [3.63, 3.8) is 0 Å². The number of nitrogens with zero attached hydrogens (tertiary/aromatic N) is 1. The van der Waals surface area contributed by atoms with Gasteiger partial charge < -0.3 is 10.2 Å². The van der Waals surface area contributed by atoms with Crippen LogP contribution < -0.4 is 5.32 Å². The average Bonchev–Trinajstić information content (AvgIpc) is 2.36. The predicted octanol–water partition coefficient (Wildman–Crippen LogP) is 2.84. The predicted molar refractivity (Wildman–Crippen MR) is 80.4 cm³/mol. The molecule has 0 aromatic heterocycles. The number of rotatable bonds is 6.